The molecule has 2 aromatic heterocycles. The Morgan fingerprint density at radius 3 is 2.93 bits per heavy atom. The molecule has 1 aliphatic rings. The molecule has 140 valence electrons. The molecule has 1 amide bonds. The Bertz CT molecular complexity index is 937. The molecule has 1 aliphatic carbocycles. The second-order valence-electron chi connectivity index (χ2n) is 6.52. The smallest absolute Gasteiger partial charge is 0.237 e. The first-order valence-corrected chi connectivity index (χ1v) is 10.9. The zero-order valence-corrected chi connectivity index (χ0v) is 17.2. The van der Waals surface area contributed by atoms with Gasteiger partial charge in [-0.2, -0.15) is 0 Å². The maximum atomic E-state index is 12.6. The van der Waals surface area contributed by atoms with Crippen LogP contribution in [0, 0.1) is 0 Å². The third-order valence-corrected chi connectivity index (χ3v) is 6.47. The fourth-order valence-corrected chi connectivity index (χ4v) is 4.63. The van der Waals surface area contributed by atoms with Crippen molar-refractivity contribution in [1.29, 1.82) is 0 Å². The predicted molar refractivity (Wildman–Crippen MR) is 111 cm³/mol. The lowest BCUT2D eigenvalue weighted by atomic mass is 10.3. The van der Waals surface area contributed by atoms with Crippen molar-refractivity contribution in [3.05, 3.63) is 57.5 Å². The molecule has 3 aromatic rings. The van der Waals surface area contributed by atoms with E-state index in [2.05, 4.69) is 37.6 Å². The summed E-state index contributed by atoms with van der Waals surface area (Å²) in [6.07, 6.45) is 3.07. The molecule has 1 fully saturated rings. The summed E-state index contributed by atoms with van der Waals surface area (Å²) < 4.78 is 2.22. The number of amides is 1. The maximum Gasteiger partial charge on any atom is 0.237 e. The van der Waals surface area contributed by atoms with Gasteiger partial charge in [0.25, 0.3) is 0 Å². The Labute approximate surface area is 171 Å². The van der Waals surface area contributed by atoms with Gasteiger partial charge in [0.15, 0.2) is 5.16 Å². The topological polar surface area (TPSA) is 59.8 Å². The number of rotatable bonds is 7. The zero-order chi connectivity index (χ0) is 18.8. The highest BCUT2D eigenvalue weighted by molar-refractivity contribution is 8.00. The second kappa shape index (κ2) is 8.04. The molecule has 0 radical (unpaired) electrons. The minimum atomic E-state index is -0.291. The molecular formula is C19H19ClN4OS2. The minimum absolute atomic E-state index is 0.0765. The summed E-state index contributed by atoms with van der Waals surface area (Å²) in [4.78, 5) is 13.8. The SMILES string of the molecule is C[C@H](Sc1nnc(Cc2cccs2)n1C1CC1)C(=O)Nc1cccc(Cl)c1. The standard InChI is InChI=1S/C19H19ClN4OS2/c1-12(18(25)21-14-5-2-4-13(20)10-14)27-19-23-22-17(24(19)15-7-8-15)11-16-6-3-9-26-16/h2-6,9-10,12,15H,7-8,11H2,1H3,(H,21,25)/t12-/m0/s1. The van der Waals surface area contributed by atoms with Crippen LogP contribution in [0.25, 0.3) is 0 Å². The number of benzene rings is 1. The van der Waals surface area contributed by atoms with Crippen molar-refractivity contribution < 1.29 is 4.79 Å². The maximum absolute atomic E-state index is 12.6. The molecule has 0 unspecified atom stereocenters. The number of aromatic nitrogens is 3. The van der Waals surface area contributed by atoms with Gasteiger partial charge in [-0.1, -0.05) is 35.5 Å². The molecule has 4 rings (SSSR count). The summed E-state index contributed by atoms with van der Waals surface area (Å²) in [5, 5.41) is 14.9. The molecule has 0 saturated heterocycles. The predicted octanol–water partition coefficient (Wildman–Crippen LogP) is 5.04. The monoisotopic (exact) mass is 418 g/mol. The zero-order valence-electron chi connectivity index (χ0n) is 14.8. The quantitative estimate of drug-likeness (QED) is 0.546. The van der Waals surface area contributed by atoms with Gasteiger partial charge in [-0.15, -0.1) is 21.5 Å². The van der Waals surface area contributed by atoms with Crippen LogP contribution in [0.5, 0.6) is 0 Å². The summed E-state index contributed by atoms with van der Waals surface area (Å²) in [5.74, 6) is 0.900. The van der Waals surface area contributed by atoms with Crippen LogP contribution in [0.15, 0.2) is 46.9 Å². The molecule has 1 N–H and O–H groups in total. The highest BCUT2D eigenvalue weighted by Gasteiger charge is 2.31. The van der Waals surface area contributed by atoms with E-state index in [1.807, 2.05) is 19.1 Å². The Balaban J connectivity index is 1.46. The van der Waals surface area contributed by atoms with Gasteiger partial charge >= 0.3 is 0 Å². The van der Waals surface area contributed by atoms with Crippen LogP contribution in [0.1, 0.15) is 36.5 Å². The lowest BCUT2D eigenvalue weighted by Crippen LogP contribution is -2.23. The normalized spacial score (nSPS) is 14.9. The molecule has 8 heteroatoms. The number of thioether (sulfide) groups is 1. The van der Waals surface area contributed by atoms with Crippen molar-refractivity contribution >= 4 is 46.3 Å². The highest BCUT2D eigenvalue weighted by Crippen LogP contribution is 2.40. The summed E-state index contributed by atoms with van der Waals surface area (Å²) in [6.45, 7) is 1.88. The van der Waals surface area contributed by atoms with E-state index >= 15 is 0 Å². The highest BCUT2D eigenvalue weighted by atomic mass is 35.5. The minimum Gasteiger partial charge on any atom is -0.325 e. The number of nitrogens with one attached hydrogen (secondary N) is 1. The summed E-state index contributed by atoms with van der Waals surface area (Å²) in [6, 6.07) is 11.8. The summed E-state index contributed by atoms with van der Waals surface area (Å²) in [5.41, 5.74) is 0.696. The Morgan fingerprint density at radius 1 is 1.37 bits per heavy atom. The number of hydrogen-bond donors (Lipinski definition) is 1. The molecule has 0 spiro atoms. The van der Waals surface area contributed by atoms with Gasteiger partial charge in [0, 0.05) is 28.0 Å². The van der Waals surface area contributed by atoms with Crippen molar-refractivity contribution in [2.75, 3.05) is 5.32 Å². The van der Waals surface area contributed by atoms with E-state index in [9.17, 15) is 4.79 Å². The van der Waals surface area contributed by atoms with E-state index in [1.165, 1.54) is 16.6 Å². The molecule has 1 aromatic carbocycles. The Morgan fingerprint density at radius 2 is 2.22 bits per heavy atom. The molecular weight excluding hydrogens is 400 g/mol. The van der Waals surface area contributed by atoms with Gasteiger partial charge in [0.2, 0.25) is 5.91 Å². The molecule has 1 atom stereocenters. The first kappa shape index (κ1) is 18.5. The van der Waals surface area contributed by atoms with Crippen molar-refractivity contribution in [3.8, 4) is 0 Å². The van der Waals surface area contributed by atoms with Crippen LogP contribution in [0.3, 0.4) is 0 Å². The van der Waals surface area contributed by atoms with Gasteiger partial charge in [-0.25, -0.2) is 0 Å². The number of anilines is 1. The Kier molecular flexibility index (Phi) is 5.52. The summed E-state index contributed by atoms with van der Waals surface area (Å²) in [7, 11) is 0. The van der Waals surface area contributed by atoms with E-state index in [-0.39, 0.29) is 11.2 Å². The van der Waals surface area contributed by atoms with Crippen molar-refractivity contribution in [2.45, 2.75) is 42.6 Å². The molecule has 5 nitrogen and oxygen atoms in total. The number of hydrogen-bond acceptors (Lipinski definition) is 5. The molecule has 27 heavy (non-hydrogen) atoms. The van der Waals surface area contributed by atoms with Crippen LogP contribution in [-0.2, 0) is 11.2 Å². The van der Waals surface area contributed by atoms with Gasteiger partial charge in [-0.3, -0.25) is 4.79 Å². The number of carbonyl (C=O) groups excluding carboxylic acids is 1. The molecule has 0 bridgehead atoms. The number of thiophene rings is 1. The fourth-order valence-electron chi connectivity index (χ4n) is 2.80. The van der Waals surface area contributed by atoms with Crippen LogP contribution in [0.2, 0.25) is 5.02 Å². The van der Waals surface area contributed by atoms with E-state index in [1.54, 1.807) is 23.5 Å². The van der Waals surface area contributed by atoms with E-state index in [4.69, 9.17) is 11.6 Å². The first-order valence-electron chi connectivity index (χ1n) is 8.79. The molecule has 2 heterocycles. The first-order chi connectivity index (χ1) is 13.1. The average Bonchev–Trinajstić information content (AvgIpc) is 3.19. The second-order valence-corrected chi connectivity index (χ2v) is 9.29. The van der Waals surface area contributed by atoms with E-state index in [0.29, 0.717) is 16.8 Å². The lowest BCUT2D eigenvalue weighted by molar-refractivity contribution is -0.115. The van der Waals surface area contributed by atoms with Crippen LogP contribution in [0.4, 0.5) is 5.69 Å². The third-order valence-electron chi connectivity index (χ3n) is 4.30. The summed E-state index contributed by atoms with van der Waals surface area (Å²) >= 11 is 9.16. The van der Waals surface area contributed by atoms with Crippen molar-refractivity contribution in [1.82, 2.24) is 14.8 Å². The van der Waals surface area contributed by atoms with Crippen molar-refractivity contribution in [2.24, 2.45) is 0 Å². The molecule has 1 saturated carbocycles. The van der Waals surface area contributed by atoms with Gasteiger partial charge in [0.05, 0.1) is 5.25 Å². The van der Waals surface area contributed by atoms with Gasteiger partial charge in [-0.05, 0) is 49.4 Å². The third kappa shape index (κ3) is 4.54. The Hall–Kier alpha value is -1.83. The number of halogens is 1. The van der Waals surface area contributed by atoms with Crippen LogP contribution < -0.4 is 5.32 Å². The molecule has 0 aliphatic heterocycles. The average molecular weight is 419 g/mol. The van der Waals surface area contributed by atoms with E-state index in [0.717, 1.165) is 30.2 Å². The van der Waals surface area contributed by atoms with Gasteiger partial charge in [0.1, 0.15) is 5.82 Å². The van der Waals surface area contributed by atoms with Crippen molar-refractivity contribution in [3.63, 3.8) is 0 Å². The number of nitrogens with zero attached hydrogens (tertiary/aromatic N) is 3. The van der Waals surface area contributed by atoms with Crippen LogP contribution in [-0.4, -0.2) is 25.9 Å². The number of carbonyl (C=O) groups is 1. The fraction of sp³-hybridized carbons (Fsp3) is 0.316. The van der Waals surface area contributed by atoms with E-state index < -0.39 is 0 Å². The van der Waals surface area contributed by atoms with Gasteiger partial charge < -0.3 is 9.88 Å². The largest absolute Gasteiger partial charge is 0.325 e. The van der Waals surface area contributed by atoms with Crippen LogP contribution >= 0.6 is 34.7 Å². The lowest BCUT2D eigenvalue weighted by Gasteiger charge is -2.13.